The van der Waals surface area contributed by atoms with Crippen LogP contribution in [0.1, 0.15) is 11.6 Å². The topological polar surface area (TPSA) is 24.1 Å². The Hall–Kier alpha value is -0.280. The summed E-state index contributed by atoms with van der Waals surface area (Å²) in [4.78, 5) is 0. The fourth-order valence-electron chi connectivity index (χ4n) is 1.70. The molecule has 1 heterocycles. The molecular formula is C10H12Cl2N2. The van der Waals surface area contributed by atoms with E-state index in [1.807, 2.05) is 18.2 Å². The fourth-order valence-corrected chi connectivity index (χ4v) is 2.36. The van der Waals surface area contributed by atoms with Crippen LogP contribution in [0.4, 0.5) is 0 Å². The fraction of sp³-hybridized carbons (Fsp3) is 0.400. The second kappa shape index (κ2) is 4.49. The van der Waals surface area contributed by atoms with Crippen LogP contribution in [0.25, 0.3) is 0 Å². The van der Waals surface area contributed by atoms with E-state index in [4.69, 9.17) is 23.2 Å². The summed E-state index contributed by atoms with van der Waals surface area (Å²) < 4.78 is 0. The third-order valence-corrected chi connectivity index (χ3v) is 3.05. The highest BCUT2D eigenvalue weighted by molar-refractivity contribution is 6.36. The molecule has 14 heavy (non-hydrogen) atoms. The van der Waals surface area contributed by atoms with Gasteiger partial charge in [-0.1, -0.05) is 29.3 Å². The van der Waals surface area contributed by atoms with E-state index in [2.05, 4.69) is 10.6 Å². The largest absolute Gasteiger partial charge is 0.314 e. The van der Waals surface area contributed by atoms with Gasteiger partial charge in [0.05, 0.1) is 0 Å². The molecule has 0 radical (unpaired) electrons. The predicted molar refractivity (Wildman–Crippen MR) is 60.1 cm³/mol. The summed E-state index contributed by atoms with van der Waals surface area (Å²) in [5.41, 5.74) is 1.00. The maximum atomic E-state index is 6.11. The average molecular weight is 231 g/mol. The van der Waals surface area contributed by atoms with Crippen LogP contribution in [0.5, 0.6) is 0 Å². The van der Waals surface area contributed by atoms with E-state index in [1.165, 1.54) is 0 Å². The second-order valence-corrected chi connectivity index (χ2v) is 4.16. The van der Waals surface area contributed by atoms with E-state index in [1.54, 1.807) is 0 Å². The SMILES string of the molecule is Clc1cccc(Cl)c1[C@@H]1CNCCN1. The lowest BCUT2D eigenvalue weighted by atomic mass is 10.1. The van der Waals surface area contributed by atoms with Gasteiger partial charge in [-0.25, -0.2) is 0 Å². The minimum Gasteiger partial charge on any atom is -0.314 e. The van der Waals surface area contributed by atoms with Gasteiger partial charge in [0.25, 0.3) is 0 Å². The molecule has 4 heteroatoms. The Kier molecular flexibility index (Phi) is 3.29. The smallest absolute Gasteiger partial charge is 0.0476 e. The number of hydrogen-bond donors (Lipinski definition) is 2. The molecule has 1 aliphatic rings. The Morgan fingerprint density at radius 2 is 1.86 bits per heavy atom. The van der Waals surface area contributed by atoms with Crippen molar-refractivity contribution in [2.24, 2.45) is 0 Å². The van der Waals surface area contributed by atoms with Gasteiger partial charge in [-0.15, -0.1) is 0 Å². The monoisotopic (exact) mass is 230 g/mol. The maximum absolute atomic E-state index is 6.11. The van der Waals surface area contributed by atoms with Gasteiger partial charge in [-0.2, -0.15) is 0 Å². The first-order valence-electron chi connectivity index (χ1n) is 4.67. The van der Waals surface area contributed by atoms with Crippen molar-refractivity contribution in [3.05, 3.63) is 33.8 Å². The molecule has 1 fully saturated rings. The lowest BCUT2D eigenvalue weighted by Crippen LogP contribution is -2.42. The first-order valence-corrected chi connectivity index (χ1v) is 5.42. The van der Waals surface area contributed by atoms with Gasteiger partial charge in [0, 0.05) is 41.3 Å². The van der Waals surface area contributed by atoms with Gasteiger partial charge in [-0.3, -0.25) is 0 Å². The summed E-state index contributed by atoms with van der Waals surface area (Å²) in [5, 5.41) is 8.16. The molecule has 0 saturated carbocycles. The van der Waals surface area contributed by atoms with Gasteiger partial charge in [0.1, 0.15) is 0 Å². The zero-order valence-electron chi connectivity index (χ0n) is 7.69. The van der Waals surface area contributed by atoms with E-state index in [0.717, 1.165) is 35.2 Å². The highest BCUT2D eigenvalue weighted by Crippen LogP contribution is 2.30. The van der Waals surface area contributed by atoms with E-state index >= 15 is 0 Å². The molecule has 1 atom stereocenters. The van der Waals surface area contributed by atoms with E-state index < -0.39 is 0 Å². The number of benzene rings is 1. The van der Waals surface area contributed by atoms with Crippen LogP contribution in [0.2, 0.25) is 10.0 Å². The van der Waals surface area contributed by atoms with Gasteiger partial charge in [0.15, 0.2) is 0 Å². The molecule has 0 unspecified atom stereocenters. The lowest BCUT2D eigenvalue weighted by Gasteiger charge is -2.26. The predicted octanol–water partition coefficient (Wildman–Crippen LogP) is 2.23. The minimum atomic E-state index is 0.227. The molecule has 0 spiro atoms. The Labute approximate surface area is 93.6 Å². The highest BCUT2D eigenvalue weighted by Gasteiger charge is 2.19. The Bertz CT molecular complexity index is 302. The zero-order chi connectivity index (χ0) is 9.97. The summed E-state index contributed by atoms with van der Waals surface area (Å²) in [5.74, 6) is 0. The first-order chi connectivity index (χ1) is 6.79. The van der Waals surface area contributed by atoms with Gasteiger partial charge in [0.2, 0.25) is 0 Å². The van der Waals surface area contributed by atoms with E-state index in [0.29, 0.717) is 0 Å². The molecule has 0 aliphatic carbocycles. The molecule has 1 saturated heterocycles. The van der Waals surface area contributed by atoms with Crippen molar-refractivity contribution in [1.82, 2.24) is 10.6 Å². The number of hydrogen-bond acceptors (Lipinski definition) is 2. The van der Waals surface area contributed by atoms with Crippen molar-refractivity contribution < 1.29 is 0 Å². The Balaban J connectivity index is 2.29. The number of piperazine rings is 1. The second-order valence-electron chi connectivity index (χ2n) is 3.35. The maximum Gasteiger partial charge on any atom is 0.0476 e. The quantitative estimate of drug-likeness (QED) is 0.774. The number of rotatable bonds is 1. The molecule has 0 amide bonds. The summed E-state index contributed by atoms with van der Waals surface area (Å²) in [6.07, 6.45) is 0. The molecular weight excluding hydrogens is 219 g/mol. The molecule has 76 valence electrons. The van der Waals surface area contributed by atoms with Crippen LogP contribution in [-0.2, 0) is 0 Å². The molecule has 1 aromatic rings. The number of nitrogens with one attached hydrogen (secondary N) is 2. The van der Waals surface area contributed by atoms with Crippen molar-refractivity contribution in [2.75, 3.05) is 19.6 Å². The summed E-state index contributed by atoms with van der Waals surface area (Å²) in [7, 11) is 0. The molecule has 2 N–H and O–H groups in total. The molecule has 2 rings (SSSR count). The van der Waals surface area contributed by atoms with Crippen molar-refractivity contribution in [1.29, 1.82) is 0 Å². The molecule has 2 nitrogen and oxygen atoms in total. The average Bonchev–Trinajstić information content (AvgIpc) is 2.19. The van der Waals surface area contributed by atoms with Crippen LogP contribution in [0.3, 0.4) is 0 Å². The van der Waals surface area contributed by atoms with Crippen molar-refractivity contribution in [3.8, 4) is 0 Å². The lowest BCUT2D eigenvalue weighted by molar-refractivity contribution is 0.430. The third-order valence-electron chi connectivity index (χ3n) is 2.39. The molecule has 1 aromatic carbocycles. The summed E-state index contributed by atoms with van der Waals surface area (Å²) in [6, 6.07) is 5.84. The standard InChI is InChI=1S/C10H12Cl2N2/c11-7-2-1-3-8(12)10(7)9-6-13-4-5-14-9/h1-3,9,13-14H,4-6H2/t9-/m0/s1. The molecule has 1 aliphatic heterocycles. The minimum absolute atomic E-state index is 0.227. The van der Waals surface area contributed by atoms with Crippen molar-refractivity contribution in [3.63, 3.8) is 0 Å². The molecule has 0 aromatic heterocycles. The summed E-state index contributed by atoms with van der Waals surface area (Å²) in [6.45, 7) is 2.83. The van der Waals surface area contributed by atoms with Gasteiger partial charge >= 0.3 is 0 Å². The number of halogens is 2. The first kappa shape index (κ1) is 10.2. The van der Waals surface area contributed by atoms with E-state index in [9.17, 15) is 0 Å². The van der Waals surface area contributed by atoms with Crippen molar-refractivity contribution in [2.45, 2.75) is 6.04 Å². The van der Waals surface area contributed by atoms with Crippen molar-refractivity contribution >= 4 is 23.2 Å². The summed E-state index contributed by atoms with van der Waals surface area (Å²) >= 11 is 12.2. The van der Waals surface area contributed by atoms with Gasteiger partial charge in [-0.05, 0) is 12.1 Å². The molecule has 0 bridgehead atoms. The van der Waals surface area contributed by atoms with Gasteiger partial charge < -0.3 is 10.6 Å². The van der Waals surface area contributed by atoms with Crippen LogP contribution >= 0.6 is 23.2 Å². The van der Waals surface area contributed by atoms with Crippen LogP contribution < -0.4 is 10.6 Å². The van der Waals surface area contributed by atoms with E-state index in [-0.39, 0.29) is 6.04 Å². The zero-order valence-corrected chi connectivity index (χ0v) is 9.20. The Morgan fingerprint density at radius 1 is 1.14 bits per heavy atom. The normalized spacial score (nSPS) is 22.3. The van der Waals surface area contributed by atoms with Crippen LogP contribution in [-0.4, -0.2) is 19.6 Å². The highest BCUT2D eigenvalue weighted by atomic mass is 35.5. The van der Waals surface area contributed by atoms with Crippen LogP contribution in [0.15, 0.2) is 18.2 Å². The Morgan fingerprint density at radius 3 is 2.43 bits per heavy atom. The van der Waals surface area contributed by atoms with Crippen LogP contribution in [0, 0.1) is 0 Å². The third kappa shape index (κ3) is 2.04.